The van der Waals surface area contributed by atoms with Crippen molar-refractivity contribution in [2.75, 3.05) is 38.5 Å². The summed E-state index contributed by atoms with van der Waals surface area (Å²) in [5.41, 5.74) is -0.340. The van der Waals surface area contributed by atoms with Gasteiger partial charge >= 0.3 is 0 Å². The molecule has 1 aliphatic rings. The van der Waals surface area contributed by atoms with E-state index in [9.17, 15) is 18.4 Å². The number of piperazine rings is 1. The lowest BCUT2D eigenvalue weighted by Gasteiger charge is -2.32. The molecule has 0 spiro atoms. The molecule has 0 aliphatic carbocycles. The molecule has 2 amide bonds. The van der Waals surface area contributed by atoms with Gasteiger partial charge in [-0.3, -0.25) is 9.59 Å². The highest BCUT2D eigenvalue weighted by molar-refractivity contribution is 5.97. The van der Waals surface area contributed by atoms with Crippen LogP contribution in [-0.4, -0.2) is 54.8 Å². The van der Waals surface area contributed by atoms with Crippen molar-refractivity contribution < 1.29 is 18.4 Å². The number of amides is 2. The first-order valence-corrected chi connectivity index (χ1v) is 6.70. The number of halogens is 2. The van der Waals surface area contributed by atoms with Crippen LogP contribution in [0.1, 0.15) is 17.3 Å². The molecule has 5 nitrogen and oxygen atoms in total. The van der Waals surface area contributed by atoms with Gasteiger partial charge in [0, 0.05) is 32.2 Å². The molecule has 1 N–H and O–H groups in total. The van der Waals surface area contributed by atoms with Gasteiger partial charge in [0.25, 0.3) is 5.91 Å². The largest absolute Gasteiger partial charge is 0.381 e. The van der Waals surface area contributed by atoms with Crippen LogP contribution in [0.15, 0.2) is 12.1 Å². The number of carbonyl (C=O) groups excluding carboxylic acids is 2. The maximum Gasteiger partial charge on any atom is 0.254 e. The Hall–Kier alpha value is -2.18. The van der Waals surface area contributed by atoms with Gasteiger partial charge in [0.2, 0.25) is 5.91 Å². The molecule has 0 unspecified atom stereocenters. The lowest BCUT2D eigenvalue weighted by Crippen LogP contribution is -2.50. The zero-order valence-corrected chi connectivity index (χ0v) is 11.9. The maximum atomic E-state index is 13.8. The van der Waals surface area contributed by atoms with Crippen molar-refractivity contribution in [3.8, 4) is 0 Å². The second-order valence-electron chi connectivity index (χ2n) is 4.89. The molecular formula is C14H17F2N3O2. The third kappa shape index (κ3) is 3.12. The van der Waals surface area contributed by atoms with Crippen molar-refractivity contribution in [2.24, 2.45) is 0 Å². The lowest BCUT2D eigenvalue weighted by atomic mass is 10.1. The van der Waals surface area contributed by atoms with Crippen LogP contribution in [0.25, 0.3) is 0 Å². The molecule has 0 saturated carbocycles. The van der Waals surface area contributed by atoms with E-state index in [4.69, 9.17) is 0 Å². The van der Waals surface area contributed by atoms with E-state index >= 15 is 0 Å². The first kappa shape index (κ1) is 15.2. The Morgan fingerprint density at radius 2 is 1.90 bits per heavy atom. The predicted molar refractivity (Wildman–Crippen MR) is 74.1 cm³/mol. The molecule has 1 saturated heterocycles. The highest BCUT2D eigenvalue weighted by atomic mass is 19.1. The predicted octanol–water partition coefficient (Wildman–Crippen LogP) is 1.31. The quantitative estimate of drug-likeness (QED) is 0.915. The van der Waals surface area contributed by atoms with E-state index in [1.54, 1.807) is 14.0 Å². The Morgan fingerprint density at radius 1 is 1.29 bits per heavy atom. The summed E-state index contributed by atoms with van der Waals surface area (Å²) in [5.74, 6) is -2.38. The van der Waals surface area contributed by atoms with E-state index < -0.39 is 17.5 Å². The smallest absolute Gasteiger partial charge is 0.254 e. The summed E-state index contributed by atoms with van der Waals surface area (Å²) in [6.07, 6.45) is 0. The van der Waals surface area contributed by atoms with Gasteiger partial charge in [-0.15, -0.1) is 0 Å². The molecule has 1 fully saturated rings. The summed E-state index contributed by atoms with van der Waals surface area (Å²) < 4.78 is 27.6. The van der Waals surface area contributed by atoms with Crippen LogP contribution in [0.3, 0.4) is 0 Å². The van der Waals surface area contributed by atoms with Crippen LogP contribution in [-0.2, 0) is 4.79 Å². The van der Waals surface area contributed by atoms with E-state index in [0.717, 1.165) is 12.1 Å². The Morgan fingerprint density at radius 3 is 2.43 bits per heavy atom. The maximum absolute atomic E-state index is 13.8. The summed E-state index contributed by atoms with van der Waals surface area (Å²) in [5, 5.41) is 2.57. The topological polar surface area (TPSA) is 52.7 Å². The van der Waals surface area contributed by atoms with Crippen LogP contribution in [0.4, 0.5) is 14.5 Å². The van der Waals surface area contributed by atoms with Gasteiger partial charge in [-0.1, -0.05) is 0 Å². The third-order valence-electron chi connectivity index (χ3n) is 3.39. The number of carbonyl (C=O) groups is 2. The van der Waals surface area contributed by atoms with Crippen molar-refractivity contribution >= 4 is 17.5 Å². The average Bonchev–Trinajstić information content (AvgIpc) is 2.45. The molecule has 7 heteroatoms. The summed E-state index contributed by atoms with van der Waals surface area (Å²) in [7, 11) is 1.65. The summed E-state index contributed by atoms with van der Waals surface area (Å²) >= 11 is 0. The number of benzene rings is 1. The van der Waals surface area contributed by atoms with Gasteiger partial charge < -0.3 is 15.1 Å². The Kier molecular flexibility index (Phi) is 4.40. The van der Waals surface area contributed by atoms with Gasteiger partial charge in [0.05, 0.1) is 0 Å². The number of hydrogen-bond donors (Lipinski definition) is 1. The van der Waals surface area contributed by atoms with E-state index in [1.165, 1.54) is 9.80 Å². The van der Waals surface area contributed by atoms with Gasteiger partial charge in [-0.2, -0.15) is 0 Å². The second kappa shape index (κ2) is 6.07. The highest BCUT2D eigenvalue weighted by Crippen LogP contribution is 2.22. The molecule has 2 rings (SSSR count). The number of nitrogens with one attached hydrogen (secondary N) is 1. The van der Waals surface area contributed by atoms with Crippen molar-refractivity contribution in [2.45, 2.75) is 6.92 Å². The van der Waals surface area contributed by atoms with E-state index in [2.05, 4.69) is 5.32 Å². The average molecular weight is 297 g/mol. The first-order chi connectivity index (χ1) is 9.93. The van der Waals surface area contributed by atoms with Gasteiger partial charge in [0.1, 0.15) is 23.9 Å². The zero-order chi connectivity index (χ0) is 15.6. The number of likely N-dealkylation sites (N-methyl/N-ethyl adjacent to an activating group) is 1. The van der Waals surface area contributed by atoms with Gasteiger partial charge in [-0.05, 0) is 19.1 Å². The van der Waals surface area contributed by atoms with Crippen molar-refractivity contribution in [3.05, 3.63) is 29.3 Å². The molecule has 0 aromatic heterocycles. The molecular weight excluding hydrogens is 280 g/mol. The fourth-order valence-corrected chi connectivity index (χ4v) is 2.16. The Balaban J connectivity index is 2.22. The first-order valence-electron chi connectivity index (χ1n) is 6.70. The fraction of sp³-hybridized carbons (Fsp3) is 0.429. The van der Waals surface area contributed by atoms with Gasteiger partial charge in [0.15, 0.2) is 0 Å². The van der Waals surface area contributed by atoms with Crippen LogP contribution in [0.5, 0.6) is 0 Å². The molecule has 114 valence electrons. The monoisotopic (exact) mass is 297 g/mol. The number of hydrogen-bond acceptors (Lipinski definition) is 3. The SMILES string of the molecule is CCNc1c(F)cc(C(=O)N2CCN(C)C(=O)C2)cc1F. The molecule has 1 aromatic carbocycles. The van der Waals surface area contributed by atoms with E-state index in [1.807, 2.05) is 0 Å². The number of anilines is 1. The highest BCUT2D eigenvalue weighted by Gasteiger charge is 2.26. The van der Waals surface area contributed by atoms with Crippen molar-refractivity contribution in [1.82, 2.24) is 9.80 Å². The molecule has 0 bridgehead atoms. The lowest BCUT2D eigenvalue weighted by molar-refractivity contribution is -0.133. The van der Waals surface area contributed by atoms with Crippen LogP contribution in [0.2, 0.25) is 0 Å². The fourth-order valence-electron chi connectivity index (χ4n) is 2.16. The van der Waals surface area contributed by atoms with Crippen LogP contribution in [0, 0.1) is 11.6 Å². The summed E-state index contributed by atoms with van der Waals surface area (Å²) in [6, 6.07) is 1.98. The molecule has 21 heavy (non-hydrogen) atoms. The minimum Gasteiger partial charge on any atom is -0.381 e. The minimum atomic E-state index is -0.819. The Bertz CT molecular complexity index is 554. The van der Waals surface area contributed by atoms with Gasteiger partial charge in [-0.25, -0.2) is 8.78 Å². The van der Waals surface area contributed by atoms with Crippen molar-refractivity contribution in [3.63, 3.8) is 0 Å². The van der Waals surface area contributed by atoms with Crippen LogP contribution < -0.4 is 5.32 Å². The zero-order valence-electron chi connectivity index (χ0n) is 11.9. The standard InChI is InChI=1S/C14H17F2N3O2/c1-3-17-13-10(15)6-9(7-11(13)16)14(21)19-5-4-18(2)12(20)8-19/h6-7,17H,3-5,8H2,1-2H3. The van der Waals surface area contributed by atoms with E-state index in [-0.39, 0.29) is 23.7 Å². The second-order valence-corrected chi connectivity index (χ2v) is 4.89. The normalized spacial score (nSPS) is 15.3. The minimum absolute atomic E-state index is 0.0759. The third-order valence-corrected chi connectivity index (χ3v) is 3.39. The molecule has 0 radical (unpaired) electrons. The summed E-state index contributed by atoms with van der Waals surface area (Å²) in [4.78, 5) is 26.6. The molecule has 1 aromatic rings. The van der Waals surface area contributed by atoms with E-state index in [0.29, 0.717) is 19.6 Å². The Labute approximate surface area is 121 Å². The molecule has 1 aliphatic heterocycles. The number of rotatable bonds is 3. The molecule has 0 atom stereocenters. The summed E-state index contributed by atoms with van der Waals surface area (Å²) in [6.45, 7) is 2.76. The van der Waals surface area contributed by atoms with Crippen LogP contribution >= 0.6 is 0 Å². The molecule has 1 heterocycles. The number of nitrogens with zero attached hydrogens (tertiary/aromatic N) is 2. The van der Waals surface area contributed by atoms with Crippen molar-refractivity contribution in [1.29, 1.82) is 0 Å².